The van der Waals surface area contributed by atoms with Crippen LogP contribution in [-0.2, 0) is 0 Å². The van der Waals surface area contributed by atoms with Gasteiger partial charge in [0.2, 0.25) is 5.95 Å². The molecule has 1 heterocycles. The normalized spacial score (nSPS) is 11.3. The van der Waals surface area contributed by atoms with Crippen LogP contribution in [0.3, 0.4) is 0 Å². The Morgan fingerprint density at radius 2 is 2.05 bits per heavy atom. The molecule has 0 radical (unpaired) electrons. The lowest BCUT2D eigenvalue weighted by molar-refractivity contribution is 0.340. The van der Waals surface area contributed by atoms with Gasteiger partial charge in [0.05, 0.1) is 12.3 Å². The smallest absolute Gasteiger partial charge is 0.274 e. The molecular weight excluding hydrogens is 270 g/mol. The number of aromatic nitrogens is 3. The van der Waals surface area contributed by atoms with Crippen LogP contribution in [0.25, 0.3) is 0 Å². The summed E-state index contributed by atoms with van der Waals surface area (Å²) in [4.78, 5) is 13.9. The van der Waals surface area contributed by atoms with Crippen LogP contribution >= 0.6 is 0 Å². The minimum Gasteiger partial charge on any atom is -0.494 e. The molecule has 0 aliphatic heterocycles. The number of aryl methyl sites for hydroxylation is 1. The summed E-state index contributed by atoms with van der Waals surface area (Å²) < 4.78 is 5.38. The molecule has 1 aromatic heterocycles. The molecular formula is C14H17N5O2. The molecule has 2 N–H and O–H groups in total. The molecule has 2 aromatic rings. The van der Waals surface area contributed by atoms with Gasteiger partial charge in [-0.2, -0.15) is 5.10 Å². The van der Waals surface area contributed by atoms with E-state index in [1.807, 2.05) is 38.1 Å². The Morgan fingerprint density at radius 3 is 2.67 bits per heavy atom. The monoisotopic (exact) mass is 287 g/mol. The van der Waals surface area contributed by atoms with Crippen LogP contribution in [0.2, 0.25) is 0 Å². The van der Waals surface area contributed by atoms with Crippen LogP contribution < -0.4 is 15.7 Å². The first kappa shape index (κ1) is 14.7. The Labute approximate surface area is 122 Å². The Kier molecular flexibility index (Phi) is 4.65. The van der Waals surface area contributed by atoms with Crippen molar-refractivity contribution >= 4 is 11.7 Å². The molecule has 0 atom stereocenters. The van der Waals surface area contributed by atoms with Gasteiger partial charge >= 0.3 is 0 Å². The zero-order valence-electron chi connectivity index (χ0n) is 12.2. The lowest BCUT2D eigenvalue weighted by Gasteiger charge is -2.05. The minimum atomic E-state index is -0.290. The summed E-state index contributed by atoms with van der Waals surface area (Å²) in [5.74, 6) is 1.02. The third-order valence-corrected chi connectivity index (χ3v) is 2.77. The summed E-state index contributed by atoms with van der Waals surface area (Å²) in [6, 6.07) is 7.58. The molecule has 0 aliphatic carbocycles. The highest BCUT2D eigenvalue weighted by Crippen LogP contribution is 2.12. The fourth-order valence-corrected chi connectivity index (χ4v) is 1.60. The van der Waals surface area contributed by atoms with E-state index in [0.717, 1.165) is 17.0 Å². The zero-order chi connectivity index (χ0) is 15.2. The number of H-pyrrole nitrogens is 1. The van der Waals surface area contributed by atoms with Gasteiger partial charge in [0.1, 0.15) is 11.4 Å². The average molecular weight is 287 g/mol. The number of hydrogen-bond acceptors (Lipinski definition) is 6. The molecule has 7 nitrogen and oxygen atoms in total. The van der Waals surface area contributed by atoms with Crippen LogP contribution in [0.15, 0.2) is 34.2 Å². The molecule has 7 heteroatoms. The zero-order valence-corrected chi connectivity index (χ0v) is 12.2. The number of hydrazone groups is 1. The number of hydrogen-bond donors (Lipinski definition) is 2. The Hall–Kier alpha value is -2.70. The second-order valence-corrected chi connectivity index (χ2v) is 4.35. The number of benzene rings is 1. The molecule has 0 bridgehead atoms. The average Bonchev–Trinajstić information content (AvgIpc) is 2.49. The summed E-state index contributed by atoms with van der Waals surface area (Å²) in [6.45, 7) is 6.01. The molecule has 1 aromatic carbocycles. The molecule has 0 amide bonds. The minimum absolute atomic E-state index is 0.205. The van der Waals surface area contributed by atoms with E-state index in [4.69, 9.17) is 4.74 Å². The fraction of sp³-hybridized carbons (Fsp3) is 0.286. The lowest BCUT2D eigenvalue weighted by atomic mass is 10.1. The maximum absolute atomic E-state index is 11.4. The number of rotatable bonds is 5. The van der Waals surface area contributed by atoms with Gasteiger partial charge in [-0.3, -0.25) is 9.78 Å². The standard InChI is InChI=1S/C14H17N5O2/c1-4-21-12-7-5-11(6-8-12)9(2)16-18-14-15-13(20)10(3)17-19-14/h5-8H,4H2,1-3H3,(H2,15,18,19,20)/b16-9-. The van der Waals surface area contributed by atoms with Crippen molar-refractivity contribution in [3.8, 4) is 5.75 Å². The summed E-state index contributed by atoms with van der Waals surface area (Å²) in [6.07, 6.45) is 0. The van der Waals surface area contributed by atoms with Gasteiger partial charge in [-0.1, -0.05) is 0 Å². The molecule has 0 unspecified atom stereocenters. The van der Waals surface area contributed by atoms with Crippen molar-refractivity contribution in [1.82, 2.24) is 15.2 Å². The van der Waals surface area contributed by atoms with E-state index in [-0.39, 0.29) is 11.5 Å². The van der Waals surface area contributed by atoms with Crippen LogP contribution in [0, 0.1) is 6.92 Å². The van der Waals surface area contributed by atoms with Crippen molar-refractivity contribution in [2.45, 2.75) is 20.8 Å². The van der Waals surface area contributed by atoms with Gasteiger partial charge in [0.15, 0.2) is 0 Å². The first-order valence-electron chi connectivity index (χ1n) is 6.57. The van der Waals surface area contributed by atoms with Crippen LogP contribution in [0.1, 0.15) is 25.1 Å². The van der Waals surface area contributed by atoms with E-state index in [1.165, 1.54) is 0 Å². The third-order valence-electron chi connectivity index (χ3n) is 2.77. The summed E-state index contributed by atoms with van der Waals surface area (Å²) in [5.41, 5.74) is 4.39. The second kappa shape index (κ2) is 6.65. The fourth-order valence-electron chi connectivity index (χ4n) is 1.60. The van der Waals surface area contributed by atoms with Gasteiger partial charge in [0, 0.05) is 0 Å². The third kappa shape index (κ3) is 3.88. The highest BCUT2D eigenvalue weighted by molar-refractivity contribution is 5.99. The van der Waals surface area contributed by atoms with Crippen LogP contribution in [0.4, 0.5) is 5.95 Å². The summed E-state index contributed by atoms with van der Waals surface area (Å²) in [5, 5.41) is 11.7. The van der Waals surface area contributed by atoms with E-state index in [1.54, 1.807) is 6.92 Å². The second-order valence-electron chi connectivity index (χ2n) is 4.35. The lowest BCUT2D eigenvalue weighted by Crippen LogP contribution is -2.16. The molecule has 21 heavy (non-hydrogen) atoms. The predicted molar refractivity (Wildman–Crippen MR) is 80.8 cm³/mol. The van der Waals surface area contributed by atoms with Crippen molar-refractivity contribution in [2.75, 3.05) is 12.0 Å². The van der Waals surface area contributed by atoms with E-state index in [2.05, 4.69) is 25.7 Å². The van der Waals surface area contributed by atoms with Gasteiger partial charge < -0.3 is 4.74 Å². The Balaban J connectivity index is 2.09. The van der Waals surface area contributed by atoms with Gasteiger partial charge in [-0.05, 0) is 50.6 Å². The number of aromatic amines is 1. The number of ether oxygens (including phenoxy) is 1. The van der Waals surface area contributed by atoms with Crippen molar-refractivity contribution in [3.05, 3.63) is 45.9 Å². The molecule has 110 valence electrons. The summed E-state index contributed by atoms with van der Waals surface area (Å²) >= 11 is 0. The molecule has 0 fully saturated rings. The maximum Gasteiger partial charge on any atom is 0.274 e. The highest BCUT2D eigenvalue weighted by atomic mass is 16.5. The quantitative estimate of drug-likeness (QED) is 0.645. The van der Waals surface area contributed by atoms with E-state index in [9.17, 15) is 4.79 Å². The van der Waals surface area contributed by atoms with Crippen molar-refractivity contribution < 1.29 is 4.74 Å². The van der Waals surface area contributed by atoms with Crippen molar-refractivity contribution in [2.24, 2.45) is 5.10 Å². The molecule has 0 spiro atoms. The van der Waals surface area contributed by atoms with E-state index in [0.29, 0.717) is 12.3 Å². The number of nitrogens with zero attached hydrogens (tertiary/aromatic N) is 3. The topological polar surface area (TPSA) is 92.3 Å². The maximum atomic E-state index is 11.4. The molecule has 2 rings (SSSR count). The molecule has 0 saturated heterocycles. The largest absolute Gasteiger partial charge is 0.494 e. The van der Waals surface area contributed by atoms with E-state index < -0.39 is 0 Å². The first-order valence-corrected chi connectivity index (χ1v) is 6.57. The molecule has 0 saturated carbocycles. The summed E-state index contributed by atoms with van der Waals surface area (Å²) in [7, 11) is 0. The van der Waals surface area contributed by atoms with Gasteiger partial charge in [-0.25, -0.2) is 5.43 Å². The van der Waals surface area contributed by atoms with Gasteiger partial charge in [-0.15, -0.1) is 10.2 Å². The number of anilines is 1. The molecule has 0 aliphatic rings. The predicted octanol–water partition coefficient (Wildman–Crippen LogP) is 1.71. The Morgan fingerprint density at radius 1 is 1.33 bits per heavy atom. The van der Waals surface area contributed by atoms with Crippen molar-refractivity contribution in [3.63, 3.8) is 0 Å². The van der Waals surface area contributed by atoms with E-state index >= 15 is 0 Å². The first-order chi connectivity index (χ1) is 10.1. The van der Waals surface area contributed by atoms with Gasteiger partial charge in [0.25, 0.3) is 5.56 Å². The Bertz CT molecular complexity index is 691. The van der Waals surface area contributed by atoms with Crippen LogP contribution in [0.5, 0.6) is 5.75 Å². The highest BCUT2D eigenvalue weighted by Gasteiger charge is 2.01. The SMILES string of the molecule is CCOc1ccc(/C(C)=N\Nc2nnc(C)c(=O)[nH]2)cc1. The number of nitrogens with one attached hydrogen (secondary N) is 2. The van der Waals surface area contributed by atoms with Crippen LogP contribution in [-0.4, -0.2) is 27.5 Å². The van der Waals surface area contributed by atoms with Crippen molar-refractivity contribution in [1.29, 1.82) is 0 Å².